The number of carbonyl (C=O) groups is 1. The van der Waals surface area contributed by atoms with Crippen molar-refractivity contribution >= 4 is 17.6 Å². The van der Waals surface area contributed by atoms with E-state index in [0.717, 1.165) is 11.3 Å². The molecule has 0 radical (unpaired) electrons. The minimum atomic E-state index is -0.935. The lowest BCUT2D eigenvalue weighted by Gasteiger charge is -2.01. The number of nitrogens with zero attached hydrogens (tertiary/aromatic N) is 1. The quantitative estimate of drug-likeness (QED) is 0.867. The van der Waals surface area contributed by atoms with E-state index in [1.54, 1.807) is 42.6 Å². The van der Waals surface area contributed by atoms with Gasteiger partial charge in [0.2, 0.25) is 0 Å². The number of rotatable bonds is 2. The van der Waals surface area contributed by atoms with Crippen LogP contribution in [0.5, 0.6) is 0 Å². The van der Waals surface area contributed by atoms with Gasteiger partial charge in [-0.1, -0.05) is 23.7 Å². The lowest BCUT2D eigenvalue weighted by molar-refractivity contribution is 0.0697. The molecule has 0 unspecified atom stereocenters. The molecule has 2 rings (SSSR count). The Morgan fingerprint density at radius 1 is 1.12 bits per heavy atom. The minimum absolute atomic E-state index is 0.262. The minimum Gasteiger partial charge on any atom is -0.478 e. The van der Waals surface area contributed by atoms with Gasteiger partial charge >= 0.3 is 5.97 Å². The fraction of sp³-hybridized carbons (Fsp3) is 0. The summed E-state index contributed by atoms with van der Waals surface area (Å²) in [5.74, 6) is -0.935. The van der Waals surface area contributed by atoms with Gasteiger partial charge in [-0.3, -0.25) is 4.98 Å². The number of aromatic carboxylic acids is 1. The monoisotopic (exact) mass is 233 g/mol. The molecule has 0 aliphatic rings. The highest BCUT2D eigenvalue weighted by Gasteiger charge is 2.03. The van der Waals surface area contributed by atoms with Gasteiger partial charge in [-0.25, -0.2) is 4.79 Å². The lowest BCUT2D eigenvalue weighted by Crippen LogP contribution is -1.95. The van der Waals surface area contributed by atoms with Crippen molar-refractivity contribution < 1.29 is 9.90 Å². The molecule has 0 saturated heterocycles. The first-order chi connectivity index (χ1) is 7.66. The van der Waals surface area contributed by atoms with Crippen molar-refractivity contribution in [2.45, 2.75) is 0 Å². The zero-order valence-electron chi connectivity index (χ0n) is 8.22. The van der Waals surface area contributed by atoms with E-state index in [0.29, 0.717) is 5.02 Å². The maximum Gasteiger partial charge on any atom is 0.335 e. The van der Waals surface area contributed by atoms with Gasteiger partial charge in [-0.15, -0.1) is 0 Å². The van der Waals surface area contributed by atoms with E-state index in [4.69, 9.17) is 16.7 Å². The van der Waals surface area contributed by atoms with Crippen molar-refractivity contribution in [1.82, 2.24) is 4.98 Å². The Bertz CT molecular complexity index is 506. The molecule has 16 heavy (non-hydrogen) atoms. The summed E-state index contributed by atoms with van der Waals surface area (Å²) in [5.41, 5.74) is 1.89. The van der Waals surface area contributed by atoms with Crippen molar-refractivity contribution in [3.63, 3.8) is 0 Å². The molecule has 0 atom stereocenters. The molecule has 0 saturated carbocycles. The van der Waals surface area contributed by atoms with E-state index in [2.05, 4.69) is 4.98 Å². The van der Waals surface area contributed by atoms with Crippen LogP contribution in [0.1, 0.15) is 10.4 Å². The van der Waals surface area contributed by atoms with E-state index < -0.39 is 5.97 Å². The van der Waals surface area contributed by atoms with Crippen LogP contribution >= 0.6 is 11.6 Å². The van der Waals surface area contributed by atoms with E-state index in [9.17, 15) is 4.79 Å². The van der Waals surface area contributed by atoms with Crippen molar-refractivity contribution in [2.75, 3.05) is 0 Å². The first-order valence-electron chi connectivity index (χ1n) is 4.62. The Balaban J connectivity index is 2.34. The van der Waals surface area contributed by atoms with Gasteiger partial charge in [0.05, 0.1) is 16.3 Å². The van der Waals surface area contributed by atoms with Gasteiger partial charge in [-0.05, 0) is 24.3 Å². The summed E-state index contributed by atoms with van der Waals surface area (Å²) >= 11 is 5.73. The van der Waals surface area contributed by atoms with Crippen LogP contribution in [0.2, 0.25) is 5.02 Å². The third-order valence-electron chi connectivity index (χ3n) is 2.16. The van der Waals surface area contributed by atoms with Gasteiger partial charge in [0.1, 0.15) is 0 Å². The number of hydrogen-bond acceptors (Lipinski definition) is 2. The highest BCUT2D eigenvalue weighted by atomic mass is 35.5. The second-order valence-electron chi connectivity index (χ2n) is 3.24. The van der Waals surface area contributed by atoms with Crippen molar-refractivity contribution in [3.8, 4) is 11.3 Å². The predicted molar refractivity (Wildman–Crippen MR) is 61.6 cm³/mol. The number of aromatic nitrogens is 1. The molecule has 0 fully saturated rings. The molecule has 2 aromatic rings. The summed E-state index contributed by atoms with van der Waals surface area (Å²) < 4.78 is 0. The summed E-state index contributed by atoms with van der Waals surface area (Å²) in [4.78, 5) is 14.8. The average Bonchev–Trinajstić information content (AvgIpc) is 2.30. The molecular weight excluding hydrogens is 226 g/mol. The topological polar surface area (TPSA) is 50.2 Å². The normalized spacial score (nSPS) is 10.1. The van der Waals surface area contributed by atoms with Crippen LogP contribution in [0.25, 0.3) is 11.3 Å². The van der Waals surface area contributed by atoms with E-state index in [-0.39, 0.29) is 5.56 Å². The Hall–Kier alpha value is -1.87. The summed E-state index contributed by atoms with van der Waals surface area (Å²) in [6.07, 6.45) is 1.56. The second-order valence-corrected chi connectivity index (χ2v) is 3.68. The molecule has 4 heteroatoms. The van der Waals surface area contributed by atoms with Gasteiger partial charge in [0.15, 0.2) is 0 Å². The molecule has 0 aliphatic carbocycles. The third-order valence-corrected chi connectivity index (χ3v) is 2.38. The molecule has 1 N–H and O–H groups in total. The zero-order valence-corrected chi connectivity index (χ0v) is 8.98. The van der Waals surface area contributed by atoms with Crippen LogP contribution in [0.15, 0.2) is 42.6 Å². The molecule has 0 bridgehead atoms. The highest BCUT2D eigenvalue weighted by molar-refractivity contribution is 6.30. The number of benzene rings is 1. The fourth-order valence-corrected chi connectivity index (χ4v) is 1.44. The third kappa shape index (κ3) is 2.20. The molecule has 3 nitrogen and oxygen atoms in total. The SMILES string of the molecule is O=C(O)c1ccc(-c2ccc(Cl)cn2)cc1. The van der Waals surface area contributed by atoms with Crippen LogP contribution < -0.4 is 0 Å². The zero-order chi connectivity index (χ0) is 11.5. The molecule has 0 aliphatic heterocycles. The maximum absolute atomic E-state index is 10.7. The van der Waals surface area contributed by atoms with Crippen molar-refractivity contribution in [3.05, 3.63) is 53.2 Å². The molecule has 80 valence electrons. The number of pyridine rings is 1. The molecule has 0 spiro atoms. The average molecular weight is 234 g/mol. The second kappa shape index (κ2) is 4.33. The van der Waals surface area contributed by atoms with E-state index >= 15 is 0 Å². The van der Waals surface area contributed by atoms with Crippen LogP contribution in [-0.2, 0) is 0 Å². The first-order valence-corrected chi connectivity index (χ1v) is 5.00. The van der Waals surface area contributed by atoms with Gasteiger partial charge in [-0.2, -0.15) is 0 Å². The molecule has 1 aromatic heterocycles. The standard InChI is InChI=1S/C12H8ClNO2/c13-10-5-6-11(14-7-10)8-1-3-9(4-2-8)12(15)16/h1-7H,(H,15,16). The fourth-order valence-electron chi connectivity index (χ4n) is 1.33. The Morgan fingerprint density at radius 2 is 1.81 bits per heavy atom. The van der Waals surface area contributed by atoms with Crippen molar-refractivity contribution in [2.24, 2.45) is 0 Å². The first kappa shape index (κ1) is 10.6. The van der Waals surface area contributed by atoms with E-state index in [1.807, 2.05) is 0 Å². The Kier molecular flexibility index (Phi) is 2.88. The van der Waals surface area contributed by atoms with Gasteiger partial charge in [0, 0.05) is 11.8 Å². The molecule has 0 amide bonds. The number of halogens is 1. The van der Waals surface area contributed by atoms with Crippen molar-refractivity contribution in [1.29, 1.82) is 0 Å². The maximum atomic E-state index is 10.7. The Labute approximate surface area is 97.3 Å². The predicted octanol–water partition coefficient (Wildman–Crippen LogP) is 3.10. The van der Waals surface area contributed by atoms with Crippen LogP contribution in [0.3, 0.4) is 0 Å². The Morgan fingerprint density at radius 3 is 2.31 bits per heavy atom. The largest absolute Gasteiger partial charge is 0.478 e. The number of carboxylic acid groups (broad SMARTS) is 1. The van der Waals surface area contributed by atoms with Crippen LogP contribution in [0, 0.1) is 0 Å². The van der Waals surface area contributed by atoms with Gasteiger partial charge < -0.3 is 5.11 Å². The molecule has 1 heterocycles. The van der Waals surface area contributed by atoms with Crippen LogP contribution in [-0.4, -0.2) is 16.1 Å². The number of hydrogen-bond donors (Lipinski definition) is 1. The van der Waals surface area contributed by atoms with E-state index in [1.165, 1.54) is 0 Å². The molecule has 1 aromatic carbocycles. The smallest absolute Gasteiger partial charge is 0.335 e. The number of carboxylic acids is 1. The summed E-state index contributed by atoms with van der Waals surface area (Å²) in [7, 11) is 0. The summed E-state index contributed by atoms with van der Waals surface area (Å²) in [6.45, 7) is 0. The highest BCUT2D eigenvalue weighted by Crippen LogP contribution is 2.19. The van der Waals surface area contributed by atoms with Crippen LogP contribution in [0.4, 0.5) is 0 Å². The molecular formula is C12H8ClNO2. The summed E-state index contributed by atoms with van der Waals surface area (Å²) in [5, 5.41) is 9.32. The lowest BCUT2D eigenvalue weighted by atomic mass is 10.1. The summed E-state index contributed by atoms with van der Waals surface area (Å²) in [6, 6.07) is 10.1. The van der Waals surface area contributed by atoms with Gasteiger partial charge in [0.25, 0.3) is 0 Å².